The van der Waals surface area contributed by atoms with E-state index in [2.05, 4.69) is 44.7 Å². The SMILES string of the molecule is CCCN(C)c1cc(C(=O)CN2Cc3ccc(C4CC4)nc3C2=N)cc(C(C)(C)C)c1OCCCC(=O)O. The Morgan fingerprint density at radius 1 is 1.24 bits per heavy atom. The number of carboxylic acids is 1. The summed E-state index contributed by atoms with van der Waals surface area (Å²) in [5.41, 5.74) is 4.77. The Hall–Kier alpha value is -3.42. The average Bonchev–Trinajstić information content (AvgIpc) is 3.66. The van der Waals surface area contributed by atoms with Gasteiger partial charge in [-0.1, -0.05) is 33.8 Å². The number of nitrogens with zero attached hydrogens (tertiary/aromatic N) is 3. The number of hydrogen-bond donors (Lipinski definition) is 2. The molecule has 204 valence electrons. The van der Waals surface area contributed by atoms with E-state index in [1.807, 2.05) is 19.2 Å². The predicted molar refractivity (Wildman–Crippen MR) is 149 cm³/mol. The molecule has 1 fully saturated rings. The number of amidine groups is 1. The molecule has 1 aliphatic carbocycles. The molecule has 38 heavy (non-hydrogen) atoms. The van der Waals surface area contributed by atoms with Crippen LogP contribution in [0, 0.1) is 5.41 Å². The van der Waals surface area contributed by atoms with Crippen molar-refractivity contribution in [2.45, 2.75) is 77.7 Å². The molecule has 0 unspecified atom stereocenters. The number of pyridine rings is 1. The quantitative estimate of drug-likeness (QED) is 0.286. The number of anilines is 1. The maximum atomic E-state index is 13.7. The largest absolute Gasteiger partial charge is 0.491 e. The molecule has 1 aliphatic heterocycles. The minimum Gasteiger partial charge on any atom is -0.491 e. The highest BCUT2D eigenvalue weighted by atomic mass is 16.5. The van der Waals surface area contributed by atoms with Crippen LogP contribution < -0.4 is 9.64 Å². The Balaban J connectivity index is 1.61. The van der Waals surface area contributed by atoms with E-state index in [1.54, 1.807) is 4.90 Å². The second-order valence-corrected chi connectivity index (χ2v) is 11.5. The van der Waals surface area contributed by atoms with Gasteiger partial charge >= 0.3 is 5.97 Å². The monoisotopic (exact) mass is 520 g/mol. The normalized spacial score (nSPS) is 15.0. The average molecular weight is 521 g/mol. The molecule has 1 aromatic heterocycles. The minimum absolute atomic E-state index is 0.0444. The number of benzene rings is 1. The Kier molecular flexibility index (Phi) is 8.09. The molecule has 0 bridgehead atoms. The molecular formula is C30H40N4O4. The van der Waals surface area contributed by atoms with Crippen molar-refractivity contribution in [2.24, 2.45) is 0 Å². The molecule has 2 heterocycles. The van der Waals surface area contributed by atoms with Crippen molar-refractivity contribution in [3.8, 4) is 5.75 Å². The zero-order chi connectivity index (χ0) is 27.6. The van der Waals surface area contributed by atoms with Gasteiger partial charge in [0.25, 0.3) is 0 Å². The van der Waals surface area contributed by atoms with Gasteiger partial charge in [0, 0.05) is 54.9 Å². The predicted octanol–water partition coefficient (Wildman–Crippen LogP) is 5.37. The summed E-state index contributed by atoms with van der Waals surface area (Å²) in [6.45, 7) is 10.0. The van der Waals surface area contributed by atoms with Crippen LogP contribution in [0.3, 0.4) is 0 Å². The summed E-state index contributed by atoms with van der Waals surface area (Å²) in [4.78, 5) is 33.3. The first-order chi connectivity index (χ1) is 18.0. The van der Waals surface area contributed by atoms with Gasteiger partial charge < -0.3 is 19.6 Å². The van der Waals surface area contributed by atoms with Gasteiger partial charge in [0.15, 0.2) is 5.78 Å². The van der Waals surface area contributed by atoms with Crippen LogP contribution >= 0.6 is 0 Å². The number of ether oxygens (including phenoxy) is 1. The molecule has 8 nitrogen and oxygen atoms in total. The van der Waals surface area contributed by atoms with Crippen molar-refractivity contribution < 1.29 is 19.4 Å². The first-order valence-corrected chi connectivity index (χ1v) is 13.6. The number of aromatic nitrogens is 1. The first kappa shape index (κ1) is 27.6. The lowest BCUT2D eigenvalue weighted by atomic mass is 9.84. The molecule has 0 saturated heterocycles. The van der Waals surface area contributed by atoms with Crippen LogP contribution in [0.15, 0.2) is 24.3 Å². The number of fused-ring (bicyclic) bond motifs is 1. The fourth-order valence-electron chi connectivity index (χ4n) is 4.90. The standard InChI is InChI=1S/C30H40N4O4/c1-6-13-33(5)24-16-21(15-22(30(2,3)4)28(24)38-14-7-8-26(36)37)25(35)18-34-17-20-11-12-23(19-9-10-19)32-27(20)29(34)31/h11-12,15-16,19,31H,6-10,13-14,17-18H2,1-5H3,(H,36,37). The maximum Gasteiger partial charge on any atom is 0.303 e. The summed E-state index contributed by atoms with van der Waals surface area (Å²) in [7, 11) is 1.99. The van der Waals surface area contributed by atoms with Crippen LogP contribution in [0.1, 0.15) is 98.6 Å². The second kappa shape index (κ2) is 11.1. The Bertz CT molecular complexity index is 1230. The number of hydrogen-bond acceptors (Lipinski definition) is 6. The molecule has 4 rings (SSSR count). The molecule has 0 atom stereocenters. The van der Waals surface area contributed by atoms with Crippen molar-refractivity contribution in [3.63, 3.8) is 0 Å². The zero-order valence-corrected chi connectivity index (χ0v) is 23.3. The third kappa shape index (κ3) is 6.17. The Labute approximate surface area is 225 Å². The number of carbonyl (C=O) groups excluding carboxylic acids is 1. The van der Waals surface area contributed by atoms with Crippen LogP contribution in [-0.2, 0) is 16.8 Å². The van der Waals surface area contributed by atoms with Gasteiger partial charge in [-0.3, -0.25) is 15.0 Å². The number of Topliss-reactive ketones (excluding diaryl/α,β-unsaturated/α-hetero) is 1. The molecule has 0 spiro atoms. The van der Waals surface area contributed by atoms with E-state index in [0.717, 1.165) is 48.3 Å². The number of carboxylic acid groups (broad SMARTS) is 1. The van der Waals surface area contributed by atoms with Crippen molar-refractivity contribution in [1.29, 1.82) is 5.41 Å². The molecule has 1 saturated carbocycles. The van der Waals surface area contributed by atoms with Crippen LogP contribution in [0.4, 0.5) is 5.69 Å². The van der Waals surface area contributed by atoms with E-state index < -0.39 is 5.97 Å². The molecule has 8 heteroatoms. The highest BCUT2D eigenvalue weighted by Crippen LogP contribution is 2.41. The summed E-state index contributed by atoms with van der Waals surface area (Å²) in [5.74, 6) is 0.631. The highest BCUT2D eigenvalue weighted by molar-refractivity contribution is 6.05. The lowest BCUT2D eigenvalue weighted by Gasteiger charge is -2.30. The Morgan fingerprint density at radius 2 is 1.97 bits per heavy atom. The number of ketones is 1. The summed E-state index contributed by atoms with van der Waals surface area (Å²) < 4.78 is 6.21. The molecule has 2 aromatic rings. The maximum absolute atomic E-state index is 13.7. The van der Waals surface area contributed by atoms with E-state index >= 15 is 0 Å². The number of carbonyl (C=O) groups is 2. The molecule has 1 aromatic carbocycles. The first-order valence-electron chi connectivity index (χ1n) is 13.6. The van der Waals surface area contributed by atoms with Gasteiger partial charge in [-0.05, 0) is 49.3 Å². The van der Waals surface area contributed by atoms with Crippen molar-refractivity contribution >= 4 is 23.3 Å². The number of rotatable bonds is 12. The van der Waals surface area contributed by atoms with E-state index in [4.69, 9.17) is 20.2 Å². The number of nitrogens with one attached hydrogen (secondary N) is 1. The van der Waals surface area contributed by atoms with Crippen LogP contribution in [0.25, 0.3) is 0 Å². The summed E-state index contributed by atoms with van der Waals surface area (Å²) in [6.07, 6.45) is 3.70. The lowest BCUT2D eigenvalue weighted by molar-refractivity contribution is -0.137. The van der Waals surface area contributed by atoms with Crippen molar-refractivity contribution in [2.75, 3.05) is 31.6 Å². The highest BCUT2D eigenvalue weighted by Gasteiger charge is 2.32. The molecule has 2 aliphatic rings. The van der Waals surface area contributed by atoms with Gasteiger partial charge in [-0.25, -0.2) is 4.98 Å². The fraction of sp³-hybridized carbons (Fsp3) is 0.533. The van der Waals surface area contributed by atoms with Crippen LogP contribution in [-0.4, -0.2) is 59.3 Å². The van der Waals surface area contributed by atoms with Gasteiger partial charge in [0.2, 0.25) is 0 Å². The van der Waals surface area contributed by atoms with Crippen molar-refractivity contribution in [3.05, 3.63) is 52.3 Å². The smallest absolute Gasteiger partial charge is 0.303 e. The molecule has 2 N–H and O–H groups in total. The summed E-state index contributed by atoms with van der Waals surface area (Å²) in [5, 5.41) is 17.7. The molecule has 0 radical (unpaired) electrons. The van der Waals surface area contributed by atoms with Gasteiger partial charge in [-0.2, -0.15) is 0 Å². The molecule has 0 amide bonds. The fourth-order valence-corrected chi connectivity index (χ4v) is 4.90. The zero-order valence-electron chi connectivity index (χ0n) is 23.3. The topological polar surface area (TPSA) is 107 Å². The van der Waals surface area contributed by atoms with Gasteiger partial charge in [-0.15, -0.1) is 0 Å². The second-order valence-electron chi connectivity index (χ2n) is 11.5. The van der Waals surface area contributed by atoms with E-state index in [1.165, 1.54) is 0 Å². The van der Waals surface area contributed by atoms with Crippen molar-refractivity contribution in [1.82, 2.24) is 9.88 Å². The van der Waals surface area contributed by atoms with Gasteiger partial charge in [0.05, 0.1) is 18.8 Å². The van der Waals surface area contributed by atoms with Gasteiger partial charge in [0.1, 0.15) is 17.3 Å². The van der Waals surface area contributed by atoms with E-state index in [9.17, 15) is 9.59 Å². The third-order valence-electron chi connectivity index (χ3n) is 7.18. The Morgan fingerprint density at radius 3 is 2.61 bits per heavy atom. The third-order valence-corrected chi connectivity index (χ3v) is 7.18. The number of aliphatic carboxylic acids is 1. The molecular weight excluding hydrogens is 480 g/mol. The lowest BCUT2D eigenvalue weighted by Crippen LogP contribution is -2.31. The minimum atomic E-state index is -0.845. The van der Waals surface area contributed by atoms with E-state index in [0.29, 0.717) is 41.7 Å². The summed E-state index contributed by atoms with van der Waals surface area (Å²) >= 11 is 0. The summed E-state index contributed by atoms with van der Waals surface area (Å²) in [6, 6.07) is 7.92. The van der Waals surface area contributed by atoms with Crippen LogP contribution in [0.2, 0.25) is 0 Å². The van der Waals surface area contributed by atoms with E-state index in [-0.39, 0.29) is 30.8 Å². The van der Waals surface area contributed by atoms with Crippen LogP contribution in [0.5, 0.6) is 5.75 Å².